The van der Waals surface area contributed by atoms with Crippen LogP contribution >= 0.6 is 0 Å². The molecule has 8 heteroatoms. The zero-order valence-electron chi connectivity index (χ0n) is 21.9. The Morgan fingerprint density at radius 3 is 2.57 bits per heavy atom. The van der Waals surface area contributed by atoms with Gasteiger partial charge < -0.3 is 4.98 Å². The highest BCUT2D eigenvalue weighted by Crippen LogP contribution is 2.33. The number of pyridine rings is 1. The molecule has 0 bridgehead atoms. The van der Waals surface area contributed by atoms with Crippen LogP contribution in [-0.4, -0.2) is 30.1 Å². The first-order valence-corrected chi connectivity index (χ1v) is 13.3. The number of aromatic nitrogens is 5. The quantitative estimate of drug-likeness (QED) is 0.323. The second kappa shape index (κ2) is 10.9. The van der Waals surface area contributed by atoms with Crippen molar-refractivity contribution < 1.29 is 4.39 Å². The lowest BCUT2D eigenvalue weighted by molar-refractivity contribution is 0.155. The number of tetrazole rings is 1. The van der Waals surface area contributed by atoms with Gasteiger partial charge in [0.15, 0.2) is 5.82 Å². The van der Waals surface area contributed by atoms with Crippen molar-refractivity contribution >= 4 is 10.9 Å². The Bertz CT molecular complexity index is 1420. The third-order valence-corrected chi connectivity index (χ3v) is 7.63. The van der Waals surface area contributed by atoms with E-state index in [1.807, 2.05) is 23.7 Å². The van der Waals surface area contributed by atoms with Crippen molar-refractivity contribution in [1.82, 2.24) is 30.1 Å². The summed E-state index contributed by atoms with van der Waals surface area (Å²) in [6.45, 7) is 7.19. The van der Waals surface area contributed by atoms with E-state index >= 15 is 0 Å². The zero-order chi connectivity index (χ0) is 25.9. The molecule has 1 saturated carbocycles. The third-order valence-electron chi connectivity index (χ3n) is 7.63. The number of hydrogen-bond acceptors (Lipinski definition) is 5. The van der Waals surface area contributed by atoms with Gasteiger partial charge >= 0.3 is 0 Å². The van der Waals surface area contributed by atoms with E-state index in [-0.39, 0.29) is 17.4 Å². The molecule has 0 unspecified atom stereocenters. The summed E-state index contributed by atoms with van der Waals surface area (Å²) >= 11 is 0. The van der Waals surface area contributed by atoms with Gasteiger partial charge in [-0.05, 0) is 84.5 Å². The molecule has 1 aliphatic carbocycles. The maximum absolute atomic E-state index is 13.7. The molecule has 2 aromatic heterocycles. The molecule has 0 radical (unpaired) electrons. The highest BCUT2D eigenvalue weighted by molar-refractivity contribution is 5.83. The van der Waals surface area contributed by atoms with Crippen LogP contribution in [0.15, 0.2) is 47.3 Å². The van der Waals surface area contributed by atoms with Gasteiger partial charge in [-0.3, -0.25) is 9.69 Å². The monoisotopic (exact) mass is 502 g/mol. The molecule has 0 spiro atoms. The van der Waals surface area contributed by atoms with Crippen molar-refractivity contribution in [2.24, 2.45) is 0 Å². The predicted octanol–water partition coefficient (Wildman–Crippen LogP) is 5.93. The van der Waals surface area contributed by atoms with Gasteiger partial charge in [-0.25, -0.2) is 9.07 Å². The smallest absolute Gasteiger partial charge is 0.252 e. The molecule has 5 rings (SSSR count). The Morgan fingerprint density at radius 2 is 1.84 bits per heavy atom. The summed E-state index contributed by atoms with van der Waals surface area (Å²) in [4.78, 5) is 18.6. The van der Waals surface area contributed by atoms with Gasteiger partial charge in [0, 0.05) is 29.6 Å². The van der Waals surface area contributed by atoms with Gasteiger partial charge in [-0.2, -0.15) is 0 Å². The van der Waals surface area contributed by atoms with Crippen molar-refractivity contribution in [2.45, 2.75) is 84.5 Å². The van der Waals surface area contributed by atoms with Gasteiger partial charge in [0.2, 0.25) is 0 Å². The van der Waals surface area contributed by atoms with Crippen molar-refractivity contribution in [1.29, 1.82) is 0 Å². The molecule has 37 heavy (non-hydrogen) atoms. The van der Waals surface area contributed by atoms with Crippen LogP contribution in [0.2, 0.25) is 0 Å². The molecule has 2 heterocycles. The second-order valence-corrected chi connectivity index (χ2v) is 10.4. The fourth-order valence-corrected chi connectivity index (χ4v) is 5.76. The topological polar surface area (TPSA) is 79.7 Å². The lowest BCUT2D eigenvalue weighted by Gasteiger charge is -2.32. The molecule has 194 valence electrons. The molecule has 0 aliphatic heterocycles. The first kappa shape index (κ1) is 25.3. The molecule has 4 aromatic rings. The largest absolute Gasteiger partial charge is 0.322 e. The van der Waals surface area contributed by atoms with Crippen LogP contribution in [0.25, 0.3) is 10.9 Å². The van der Waals surface area contributed by atoms with Gasteiger partial charge in [0.05, 0.1) is 12.1 Å². The van der Waals surface area contributed by atoms with Gasteiger partial charge in [0.1, 0.15) is 5.82 Å². The lowest BCUT2D eigenvalue weighted by atomic mass is 9.95. The minimum Gasteiger partial charge on any atom is -0.322 e. The molecule has 0 amide bonds. The Labute approximate surface area is 216 Å². The number of H-pyrrole nitrogens is 1. The van der Waals surface area contributed by atoms with E-state index in [0.717, 1.165) is 52.7 Å². The molecule has 7 nitrogen and oxygen atoms in total. The van der Waals surface area contributed by atoms with Gasteiger partial charge in [-0.1, -0.05) is 44.4 Å². The molecular weight excluding hydrogens is 467 g/mol. The van der Waals surface area contributed by atoms with E-state index in [2.05, 4.69) is 45.3 Å². The van der Waals surface area contributed by atoms with Crippen LogP contribution < -0.4 is 5.56 Å². The second-order valence-electron chi connectivity index (χ2n) is 10.4. The number of hydrogen-bond donors (Lipinski definition) is 1. The van der Waals surface area contributed by atoms with Gasteiger partial charge in [-0.15, -0.1) is 5.10 Å². The SMILES string of the molecule is CC[C@@H](c1nnnn1C1CCCCC1)N(Cc1ccc(F)cc1)Cc1cc2c(C)cc(C)cc2[nH]c1=O. The predicted molar refractivity (Wildman–Crippen MR) is 143 cm³/mol. The molecule has 1 fully saturated rings. The lowest BCUT2D eigenvalue weighted by Crippen LogP contribution is -2.33. The summed E-state index contributed by atoms with van der Waals surface area (Å²) in [5.41, 5.74) is 4.67. The fraction of sp³-hybridized carbons (Fsp3) is 0.448. The molecule has 2 aromatic carbocycles. The van der Waals surface area contributed by atoms with Crippen molar-refractivity contribution in [3.63, 3.8) is 0 Å². The Kier molecular flexibility index (Phi) is 7.46. The Morgan fingerprint density at radius 1 is 1.08 bits per heavy atom. The number of aryl methyl sites for hydroxylation is 2. The standard InChI is InChI=1S/C29H35FN6O/c1-4-27(28-32-33-34-36(28)24-8-6-5-7-9-24)35(17-21-10-12-23(30)13-11-21)18-22-16-25-20(3)14-19(2)15-26(25)31-29(22)37/h10-16,24,27H,4-9,17-18H2,1-3H3,(H,31,37)/t27-/m0/s1. The normalized spacial score (nSPS) is 15.5. The van der Waals surface area contributed by atoms with Crippen LogP contribution in [-0.2, 0) is 13.1 Å². The van der Waals surface area contributed by atoms with Crippen LogP contribution in [0.1, 0.15) is 85.6 Å². The zero-order valence-corrected chi connectivity index (χ0v) is 21.9. The summed E-state index contributed by atoms with van der Waals surface area (Å²) in [5, 5.41) is 14.0. The highest BCUT2D eigenvalue weighted by Gasteiger charge is 2.29. The number of nitrogens with zero attached hydrogens (tertiary/aromatic N) is 5. The van der Waals surface area contributed by atoms with E-state index in [1.165, 1.54) is 31.4 Å². The number of benzene rings is 2. The summed E-state index contributed by atoms with van der Waals surface area (Å²) in [7, 11) is 0. The number of halogens is 1. The molecular formula is C29H35FN6O. The van der Waals surface area contributed by atoms with E-state index in [0.29, 0.717) is 24.7 Å². The van der Waals surface area contributed by atoms with Crippen LogP contribution in [0, 0.1) is 19.7 Å². The third kappa shape index (κ3) is 5.49. The van der Waals surface area contributed by atoms with E-state index in [1.54, 1.807) is 12.1 Å². The van der Waals surface area contributed by atoms with Crippen LogP contribution in [0.5, 0.6) is 0 Å². The number of fused-ring (bicyclic) bond motifs is 1. The van der Waals surface area contributed by atoms with Crippen LogP contribution in [0.3, 0.4) is 0 Å². The van der Waals surface area contributed by atoms with E-state index in [9.17, 15) is 9.18 Å². The molecule has 0 saturated heterocycles. The minimum absolute atomic E-state index is 0.0941. The number of nitrogens with one attached hydrogen (secondary N) is 1. The van der Waals surface area contributed by atoms with Crippen molar-refractivity contribution in [2.75, 3.05) is 0 Å². The maximum atomic E-state index is 13.7. The summed E-state index contributed by atoms with van der Waals surface area (Å²) in [6.07, 6.45) is 6.56. The highest BCUT2D eigenvalue weighted by atomic mass is 19.1. The summed E-state index contributed by atoms with van der Waals surface area (Å²) in [6, 6.07) is 12.9. The van der Waals surface area contributed by atoms with Gasteiger partial charge in [0.25, 0.3) is 5.56 Å². The summed E-state index contributed by atoms with van der Waals surface area (Å²) < 4.78 is 15.7. The average molecular weight is 503 g/mol. The Balaban J connectivity index is 1.54. The van der Waals surface area contributed by atoms with Crippen LogP contribution in [0.4, 0.5) is 4.39 Å². The minimum atomic E-state index is -0.264. The maximum Gasteiger partial charge on any atom is 0.252 e. The number of rotatable bonds is 8. The van der Waals surface area contributed by atoms with E-state index < -0.39 is 0 Å². The Hall–Kier alpha value is -3.39. The first-order chi connectivity index (χ1) is 17.9. The molecule has 1 atom stereocenters. The fourth-order valence-electron chi connectivity index (χ4n) is 5.76. The van der Waals surface area contributed by atoms with Crippen molar-refractivity contribution in [3.05, 3.63) is 86.7 Å². The first-order valence-electron chi connectivity index (χ1n) is 13.3. The number of aromatic amines is 1. The van der Waals surface area contributed by atoms with E-state index in [4.69, 9.17) is 0 Å². The summed E-state index contributed by atoms with van der Waals surface area (Å²) in [5.74, 6) is 0.570. The molecule has 1 N–H and O–H groups in total. The molecule has 1 aliphatic rings. The average Bonchev–Trinajstić information content (AvgIpc) is 3.36. The van der Waals surface area contributed by atoms with Crippen molar-refractivity contribution in [3.8, 4) is 0 Å².